The summed E-state index contributed by atoms with van der Waals surface area (Å²) in [5.41, 5.74) is 5.39. The Morgan fingerprint density at radius 3 is 2.32 bits per heavy atom. The molecule has 0 spiro atoms. The molecule has 38 heavy (non-hydrogen) atoms. The molecule has 0 aromatic heterocycles. The predicted octanol–water partition coefficient (Wildman–Crippen LogP) is 2.62. The number of aryl methyl sites for hydroxylation is 1. The third-order valence-corrected chi connectivity index (χ3v) is 5.59. The topological polar surface area (TPSA) is 171 Å². The summed E-state index contributed by atoms with van der Waals surface area (Å²) in [6.45, 7) is 5.60. The van der Waals surface area contributed by atoms with Crippen molar-refractivity contribution in [2.24, 2.45) is 5.73 Å². The highest BCUT2D eigenvalue weighted by Crippen LogP contribution is 2.32. The number of hydrogen-bond acceptors (Lipinski definition) is 7. The quantitative estimate of drug-likeness (QED) is 0.303. The lowest BCUT2D eigenvalue weighted by atomic mass is 10.0. The Labute approximate surface area is 225 Å². The van der Waals surface area contributed by atoms with Crippen molar-refractivity contribution in [3.8, 4) is 5.75 Å². The van der Waals surface area contributed by atoms with Gasteiger partial charge in [-0.3, -0.25) is 14.4 Å². The van der Waals surface area contributed by atoms with E-state index in [4.69, 9.17) is 22.1 Å². The van der Waals surface area contributed by atoms with Gasteiger partial charge in [-0.05, 0) is 45.4 Å². The normalized spacial score (nSPS) is 12.7. The van der Waals surface area contributed by atoms with Gasteiger partial charge in [-0.15, -0.1) is 0 Å². The van der Waals surface area contributed by atoms with Crippen LogP contribution in [0.2, 0.25) is 5.02 Å². The number of aliphatic hydroxyl groups excluding tert-OH is 1. The third-order valence-electron chi connectivity index (χ3n) is 5.28. The molecule has 11 nitrogen and oxygen atoms in total. The number of carbonyl (C=O) groups excluding carboxylic acids is 4. The number of nitrogens with one attached hydrogen (secondary N) is 2. The second-order valence-electron chi connectivity index (χ2n) is 9.51. The zero-order chi connectivity index (χ0) is 28.6. The molecule has 2 rings (SSSR count). The highest BCUT2D eigenvalue weighted by molar-refractivity contribution is 6.34. The molecule has 2 aromatic rings. The molecule has 2 unspecified atom stereocenters. The largest absolute Gasteiger partial charge is 0.508 e. The molecule has 0 heterocycles. The summed E-state index contributed by atoms with van der Waals surface area (Å²) in [6.07, 6.45) is -1.60. The van der Waals surface area contributed by atoms with Crippen molar-refractivity contribution in [1.82, 2.24) is 10.2 Å². The molecule has 0 radical (unpaired) electrons. The lowest BCUT2D eigenvalue weighted by Crippen LogP contribution is -2.54. The van der Waals surface area contributed by atoms with Gasteiger partial charge in [-0.25, -0.2) is 4.79 Å². The maximum atomic E-state index is 13.7. The standard InChI is InChI=1S/C26H33ClN4O7/c1-15-8-7-10-17(27)21(15)30-23(35)22(16-9-5-6-11-19(16)33)31(12-13-32)24(36)18(14-20(28)34)29-25(37)38-26(2,3)4/h5-11,18,22,32-33H,12-14H2,1-4H3,(H2,28,34)(H,29,37)(H,30,35). The summed E-state index contributed by atoms with van der Waals surface area (Å²) in [4.78, 5) is 52.6. The monoisotopic (exact) mass is 548 g/mol. The average molecular weight is 549 g/mol. The molecule has 0 aliphatic rings. The Kier molecular flexibility index (Phi) is 10.5. The molecule has 0 aliphatic heterocycles. The molecular formula is C26H33ClN4O7. The van der Waals surface area contributed by atoms with E-state index in [2.05, 4.69) is 10.6 Å². The number of anilines is 1. The third kappa shape index (κ3) is 8.35. The van der Waals surface area contributed by atoms with Crippen LogP contribution in [0.1, 0.15) is 44.4 Å². The van der Waals surface area contributed by atoms with Crippen LogP contribution < -0.4 is 16.4 Å². The minimum absolute atomic E-state index is 0.0339. The van der Waals surface area contributed by atoms with E-state index in [1.807, 2.05) is 0 Å². The lowest BCUT2D eigenvalue weighted by Gasteiger charge is -2.34. The molecule has 2 atom stereocenters. The van der Waals surface area contributed by atoms with E-state index in [1.54, 1.807) is 52.0 Å². The van der Waals surface area contributed by atoms with E-state index < -0.39 is 61.1 Å². The van der Waals surface area contributed by atoms with Gasteiger partial charge in [0.2, 0.25) is 11.8 Å². The number of nitrogens with zero attached hydrogens (tertiary/aromatic N) is 1. The fourth-order valence-electron chi connectivity index (χ4n) is 3.68. The summed E-state index contributed by atoms with van der Waals surface area (Å²) in [5, 5.41) is 25.6. The number of hydrogen-bond donors (Lipinski definition) is 5. The summed E-state index contributed by atoms with van der Waals surface area (Å²) < 4.78 is 5.20. The summed E-state index contributed by atoms with van der Waals surface area (Å²) in [7, 11) is 0. The fourth-order valence-corrected chi connectivity index (χ4v) is 3.95. The number of aliphatic hydroxyl groups is 1. The first kappa shape index (κ1) is 30.4. The fraction of sp³-hybridized carbons (Fsp3) is 0.385. The van der Waals surface area contributed by atoms with Gasteiger partial charge in [-0.1, -0.05) is 41.9 Å². The SMILES string of the molecule is Cc1cccc(Cl)c1NC(=O)C(c1ccccc1O)N(CCO)C(=O)C(CC(N)=O)NC(=O)OC(C)(C)C. The van der Waals surface area contributed by atoms with E-state index >= 15 is 0 Å². The van der Waals surface area contributed by atoms with Gasteiger partial charge in [0.15, 0.2) is 0 Å². The van der Waals surface area contributed by atoms with E-state index in [9.17, 15) is 29.4 Å². The van der Waals surface area contributed by atoms with Gasteiger partial charge in [-0.2, -0.15) is 0 Å². The Balaban J connectivity index is 2.56. The number of ether oxygens (including phenoxy) is 1. The first-order valence-corrected chi connectivity index (χ1v) is 12.2. The molecule has 4 amide bonds. The van der Waals surface area contributed by atoms with Crippen molar-refractivity contribution < 1.29 is 34.1 Å². The van der Waals surface area contributed by atoms with Crippen LogP contribution in [-0.4, -0.2) is 63.7 Å². The van der Waals surface area contributed by atoms with Crippen LogP contribution >= 0.6 is 11.6 Å². The Hall–Kier alpha value is -3.83. The molecule has 6 N–H and O–H groups in total. The molecular weight excluding hydrogens is 516 g/mol. The smallest absolute Gasteiger partial charge is 0.408 e. The lowest BCUT2D eigenvalue weighted by molar-refractivity contribution is -0.142. The second kappa shape index (κ2) is 13.1. The number of nitrogens with two attached hydrogens (primary N) is 1. The number of phenols is 1. The van der Waals surface area contributed by atoms with Crippen LogP contribution in [0.15, 0.2) is 42.5 Å². The number of amides is 4. The Morgan fingerprint density at radius 1 is 1.11 bits per heavy atom. The zero-order valence-corrected chi connectivity index (χ0v) is 22.4. The maximum Gasteiger partial charge on any atom is 0.408 e. The van der Waals surface area contributed by atoms with Gasteiger partial charge in [0.1, 0.15) is 23.4 Å². The molecule has 0 aliphatic carbocycles. The van der Waals surface area contributed by atoms with Crippen LogP contribution in [-0.2, 0) is 19.1 Å². The first-order valence-electron chi connectivity index (χ1n) is 11.8. The number of aromatic hydroxyl groups is 1. The number of halogens is 1. The number of rotatable bonds is 10. The van der Waals surface area contributed by atoms with Crippen molar-refractivity contribution in [3.63, 3.8) is 0 Å². The first-order chi connectivity index (χ1) is 17.7. The summed E-state index contributed by atoms with van der Waals surface area (Å²) in [6, 6.07) is 7.82. The number of primary amides is 1. The highest BCUT2D eigenvalue weighted by Gasteiger charge is 2.38. The van der Waals surface area contributed by atoms with Gasteiger partial charge < -0.3 is 36.2 Å². The molecule has 12 heteroatoms. The zero-order valence-electron chi connectivity index (χ0n) is 21.7. The van der Waals surface area contributed by atoms with Gasteiger partial charge in [0.25, 0.3) is 5.91 Å². The van der Waals surface area contributed by atoms with E-state index in [1.165, 1.54) is 18.2 Å². The van der Waals surface area contributed by atoms with Crippen molar-refractivity contribution >= 4 is 41.1 Å². The van der Waals surface area contributed by atoms with Gasteiger partial charge in [0.05, 0.1) is 23.7 Å². The number of carbonyl (C=O) groups is 4. The maximum absolute atomic E-state index is 13.7. The number of alkyl carbamates (subject to hydrolysis) is 1. The summed E-state index contributed by atoms with van der Waals surface area (Å²) >= 11 is 6.28. The van der Waals surface area contributed by atoms with E-state index in [-0.39, 0.29) is 22.0 Å². The Morgan fingerprint density at radius 2 is 1.76 bits per heavy atom. The minimum Gasteiger partial charge on any atom is -0.508 e. The number of phenolic OH excluding ortho intramolecular Hbond substituents is 1. The van der Waals surface area contributed by atoms with Crippen molar-refractivity contribution in [1.29, 1.82) is 0 Å². The van der Waals surface area contributed by atoms with Crippen LogP contribution in [0.4, 0.5) is 10.5 Å². The van der Waals surface area contributed by atoms with Crippen molar-refractivity contribution in [3.05, 3.63) is 58.6 Å². The van der Waals surface area contributed by atoms with Crippen LogP contribution in [0, 0.1) is 6.92 Å². The molecule has 0 bridgehead atoms. The Bertz CT molecular complexity index is 1160. The van der Waals surface area contributed by atoms with Crippen molar-refractivity contribution in [2.45, 2.75) is 51.8 Å². The molecule has 0 saturated heterocycles. The molecule has 206 valence electrons. The summed E-state index contributed by atoms with van der Waals surface area (Å²) in [5.74, 6) is -2.88. The van der Waals surface area contributed by atoms with Crippen LogP contribution in [0.5, 0.6) is 5.75 Å². The van der Waals surface area contributed by atoms with Crippen molar-refractivity contribution in [2.75, 3.05) is 18.5 Å². The number of para-hydroxylation sites is 2. The van der Waals surface area contributed by atoms with Gasteiger partial charge >= 0.3 is 6.09 Å². The minimum atomic E-state index is -1.53. The molecule has 0 saturated carbocycles. The average Bonchev–Trinajstić information content (AvgIpc) is 2.80. The van der Waals surface area contributed by atoms with Crippen LogP contribution in [0.3, 0.4) is 0 Å². The van der Waals surface area contributed by atoms with Crippen LogP contribution in [0.25, 0.3) is 0 Å². The van der Waals surface area contributed by atoms with E-state index in [0.717, 1.165) is 4.90 Å². The van der Waals surface area contributed by atoms with Gasteiger partial charge in [0, 0.05) is 12.1 Å². The highest BCUT2D eigenvalue weighted by atomic mass is 35.5. The molecule has 0 fully saturated rings. The second-order valence-corrected chi connectivity index (χ2v) is 9.91. The predicted molar refractivity (Wildman–Crippen MR) is 141 cm³/mol. The van der Waals surface area contributed by atoms with E-state index in [0.29, 0.717) is 5.56 Å². The molecule has 2 aromatic carbocycles. The number of benzene rings is 2.